The Hall–Kier alpha value is -1.77. The molecule has 0 spiro atoms. The van der Waals surface area contributed by atoms with Crippen LogP contribution in [0.2, 0.25) is 0 Å². The average molecular weight is 229 g/mol. The molecule has 0 fully saturated rings. The zero-order valence-electron chi connectivity index (χ0n) is 10.0. The van der Waals surface area contributed by atoms with Gasteiger partial charge in [-0.15, -0.1) is 6.58 Å². The van der Waals surface area contributed by atoms with Crippen molar-refractivity contribution in [3.05, 3.63) is 48.6 Å². The van der Waals surface area contributed by atoms with Gasteiger partial charge in [-0.1, -0.05) is 36.4 Å². The smallest absolute Gasteiger partial charge is 0.191 e. The summed E-state index contributed by atoms with van der Waals surface area (Å²) in [6, 6.07) is 11.0. The van der Waals surface area contributed by atoms with E-state index in [1.165, 1.54) is 5.56 Å². The maximum absolute atomic E-state index is 5.85. The number of benzene rings is 1. The Balaban J connectivity index is 1.89. The Bertz CT molecular complexity index is 397. The molecule has 0 radical (unpaired) electrons. The van der Waals surface area contributed by atoms with Crippen LogP contribution in [0.15, 0.2) is 48.0 Å². The average Bonchev–Trinajstić information content (AvgIpc) is 2.70. The van der Waals surface area contributed by atoms with Crippen molar-refractivity contribution < 1.29 is 0 Å². The molecule has 0 aromatic heterocycles. The van der Waals surface area contributed by atoms with Gasteiger partial charge in [-0.25, -0.2) is 0 Å². The highest BCUT2D eigenvalue weighted by atomic mass is 15.3. The Labute approximate surface area is 103 Å². The molecule has 2 rings (SSSR count). The van der Waals surface area contributed by atoms with Crippen molar-refractivity contribution in [2.45, 2.75) is 18.9 Å². The van der Waals surface area contributed by atoms with Gasteiger partial charge in [-0.2, -0.15) is 0 Å². The van der Waals surface area contributed by atoms with Crippen LogP contribution >= 0.6 is 0 Å². The molecule has 1 heterocycles. The Morgan fingerprint density at radius 1 is 1.41 bits per heavy atom. The van der Waals surface area contributed by atoms with E-state index in [9.17, 15) is 0 Å². The number of guanidine groups is 1. The fraction of sp³-hybridized carbons (Fsp3) is 0.357. The summed E-state index contributed by atoms with van der Waals surface area (Å²) in [5.74, 6) is 0.656. The van der Waals surface area contributed by atoms with E-state index in [4.69, 9.17) is 5.73 Å². The van der Waals surface area contributed by atoms with E-state index >= 15 is 0 Å². The summed E-state index contributed by atoms with van der Waals surface area (Å²) in [6.45, 7) is 5.36. The van der Waals surface area contributed by atoms with Gasteiger partial charge >= 0.3 is 0 Å². The normalized spacial score (nSPS) is 19.2. The predicted molar refractivity (Wildman–Crippen MR) is 71.9 cm³/mol. The highest BCUT2D eigenvalue weighted by molar-refractivity contribution is 5.80. The van der Waals surface area contributed by atoms with Crippen LogP contribution in [0.3, 0.4) is 0 Å². The van der Waals surface area contributed by atoms with Gasteiger partial charge in [-0.3, -0.25) is 4.99 Å². The van der Waals surface area contributed by atoms with Crippen molar-refractivity contribution >= 4 is 5.96 Å². The van der Waals surface area contributed by atoms with E-state index in [-0.39, 0.29) is 0 Å². The second-order valence-electron chi connectivity index (χ2n) is 4.32. The fourth-order valence-corrected chi connectivity index (χ4v) is 2.18. The Kier molecular flexibility index (Phi) is 3.81. The Morgan fingerprint density at radius 2 is 2.18 bits per heavy atom. The number of aryl methyl sites for hydroxylation is 1. The van der Waals surface area contributed by atoms with Crippen molar-refractivity contribution in [3.8, 4) is 0 Å². The molecular formula is C14H19N3. The molecule has 3 nitrogen and oxygen atoms in total. The van der Waals surface area contributed by atoms with Gasteiger partial charge in [-0.05, 0) is 18.4 Å². The minimum absolute atomic E-state index is 0.424. The van der Waals surface area contributed by atoms with E-state index in [1.54, 1.807) is 0 Å². The highest BCUT2D eigenvalue weighted by Gasteiger charge is 2.24. The number of rotatable bonds is 5. The molecule has 1 aliphatic rings. The van der Waals surface area contributed by atoms with Gasteiger partial charge in [0, 0.05) is 6.54 Å². The van der Waals surface area contributed by atoms with Crippen LogP contribution in [0.25, 0.3) is 0 Å². The molecular weight excluding hydrogens is 210 g/mol. The monoisotopic (exact) mass is 229 g/mol. The minimum atomic E-state index is 0.424. The maximum Gasteiger partial charge on any atom is 0.191 e. The van der Waals surface area contributed by atoms with Gasteiger partial charge in [0.25, 0.3) is 0 Å². The van der Waals surface area contributed by atoms with E-state index in [0.29, 0.717) is 12.0 Å². The summed E-state index contributed by atoms with van der Waals surface area (Å²) in [5, 5.41) is 0. The van der Waals surface area contributed by atoms with Crippen molar-refractivity contribution in [1.82, 2.24) is 4.90 Å². The molecule has 0 amide bonds. The lowest BCUT2D eigenvalue weighted by Crippen LogP contribution is -2.40. The molecule has 2 N–H and O–H groups in total. The van der Waals surface area contributed by atoms with Crippen LogP contribution in [-0.4, -0.2) is 30.0 Å². The van der Waals surface area contributed by atoms with Crippen molar-refractivity contribution in [2.24, 2.45) is 10.7 Å². The summed E-state index contributed by atoms with van der Waals surface area (Å²) in [6.07, 6.45) is 4.03. The van der Waals surface area contributed by atoms with Crippen LogP contribution < -0.4 is 5.73 Å². The lowest BCUT2D eigenvalue weighted by molar-refractivity contribution is 0.351. The van der Waals surface area contributed by atoms with E-state index in [2.05, 4.69) is 40.7 Å². The molecule has 0 saturated carbocycles. The third-order valence-corrected chi connectivity index (χ3v) is 3.13. The number of hydrogen-bond donors (Lipinski definition) is 1. The van der Waals surface area contributed by atoms with Crippen LogP contribution in [0.5, 0.6) is 0 Å². The zero-order valence-corrected chi connectivity index (χ0v) is 10.0. The highest BCUT2D eigenvalue weighted by Crippen LogP contribution is 2.14. The molecule has 3 heteroatoms. The lowest BCUT2D eigenvalue weighted by Gasteiger charge is -2.24. The third kappa shape index (κ3) is 2.87. The first-order chi connectivity index (χ1) is 8.31. The second-order valence-corrected chi connectivity index (χ2v) is 4.32. The van der Waals surface area contributed by atoms with Crippen molar-refractivity contribution in [2.75, 3.05) is 13.1 Å². The van der Waals surface area contributed by atoms with Crippen molar-refractivity contribution in [1.29, 1.82) is 0 Å². The molecule has 0 bridgehead atoms. The first-order valence-corrected chi connectivity index (χ1v) is 6.02. The van der Waals surface area contributed by atoms with Gasteiger partial charge in [0.05, 0.1) is 12.6 Å². The molecule has 1 aromatic carbocycles. The number of nitrogens with two attached hydrogens (primary N) is 1. The van der Waals surface area contributed by atoms with Gasteiger partial charge in [0.15, 0.2) is 5.96 Å². The minimum Gasteiger partial charge on any atom is -0.370 e. The van der Waals surface area contributed by atoms with Crippen molar-refractivity contribution in [3.63, 3.8) is 0 Å². The van der Waals surface area contributed by atoms with E-state index in [1.807, 2.05) is 12.1 Å². The largest absolute Gasteiger partial charge is 0.370 e. The van der Waals surface area contributed by atoms with Crippen LogP contribution in [0, 0.1) is 0 Å². The first-order valence-electron chi connectivity index (χ1n) is 6.02. The van der Waals surface area contributed by atoms with Crippen LogP contribution in [0.1, 0.15) is 12.0 Å². The third-order valence-electron chi connectivity index (χ3n) is 3.13. The maximum atomic E-state index is 5.85. The molecule has 1 aromatic rings. The quantitative estimate of drug-likeness (QED) is 0.782. The summed E-state index contributed by atoms with van der Waals surface area (Å²) in [7, 11) is 0. The van der Waals surface area contributed by atoms with Gasteiger partial charge in [0.1, 0.15) is 0 Å². The summed E-state index contributed by atoms with van der Waals surface area (Å²) < 4.78 is 0. The van der Waals surface area contributed by atoms with E-state index < -0.39 is 0 Å². The molecule has 1 unspecified atom stereocenters. The summed E-state index contributed by atoms with van der Waals surface area (Å²) in [4.78, 5) is 6.44. The fourth-order valence-electron chi connectivity index (χ4n) is 2.18. The zero-order chi connectivity index (χ0) is 12.1. The molecule has 1 atom stereocenters. The molecule has 17 heavy (non-hydrogen) atoms. The topological polar surface area (TPSA) is 41.6 Å². The molecule has 90 valence electrons. The lowest BCUT2D eigenvalue weighted by atomic mass is 10.0. The summed E-state index contributed by atoms with van der Waals surface area (Å²) in [5.41, 5.74) is 7.22. The standard InChI is InChI=1S/C14H19N3/c1-2-10-17-13(11-16-14(17)15)9-8-12-6-4-3-5-7-12/h2-7,13H,1,8-11H2,(H2,15,16). The number of nitrogens with zero attached hydrogens (tertiary/aromatic N) is 2. The molecule has 0 saturated heterocycles. The second kappa shape index (κ2) is 5.53. The predicted octanol–water partition coefficient (Wildman–Crippen LogP) is 1.80. The first kappa shape index (κ1) is 11.7. The van der Waals surface area contributed by atoms with Crippen LogP contribution in [-0.2, 0) is 6.42 Å². The Morgan fingerprint density at radius 3 is 2.88 bits per heavy atom. The number of hydrogen-bond acceptors (Lipinski definition) is 3. The number of aliphatic imine (C=N–C) groups is 1. The SMILES string of the molecule is C=CCN1C(N)=NCC1CCc1ccccc1. The van der Waals surface area contributed by atoms with E-state index in [0.717, 1.165) is 25.9 Å². The molecule has 0 aliphatic carbocycles. The van der Waals surface area contributed by atoms with Crippen LogP contribution in [0.4, 0.5) is 0 Å². The van der Waals surface area contributed by atoms with Gasteiger partial charge < -0.3 is 10.6 Å². The van der Waals surface area contributed by atoms with Gasteiger partial charge in [0.2, 0.25) is 0 Å². The molecule has 1 aliphatic heterocycles. The summed E-state index contributed by atoms with van der Waals surface area (Å²) >= 11 is 0.